The maximum absolute atomic E-state index is 13.0. The number of benzene rings is 1. The van der Waals surface area contributed by atoms with Crippen molar-refractivity contribution in [2.75, 3.05) is 6.61 Å². The zero-order chi connectivity index (χ0) is 12.5. The van der Waals surface area contributed by atoms with Gasteiger partial charge in [0.05, 0.1) is 6.61 Å². The van der Waals surface area contributed by atoms with Gasteiger partial charge in [0, 0.05) is 0 Å². The summed E-state index contributed by atoms with van der Waals surface area (Å²) in [5.74, 6) is -11.4. The Morgan fingerprint density at radius 3 is 1.56 bits per heavy atom. The van der Waals surface area contributed by atoms with Crippen LogP contribution < -0.4 is 4.74 Å². The lowest BCUT2D eigenvalue weighted by Gasteiger charge is -2.11. The summed E-state index contributed by atoms with van der Waals surface area (Å²) in [4.78, 5) is 0. The van der Waals surface area contributed by atoms with E-state index in [0.29, 0.717) is 0 Å². The van der Waals surface area contributed by atoms with Crippen LogP contribution in [0.4, 0.5) is 22.0 Å². The third-order valence-corrected chi connectivity index (χ3v) is 1.73. The summed E-state index contributed by atoms with van der Waals surface area (Å²) in [5, 5.41) is 0. The fraction of sp³-hybridized carbons (Fsp3) is 0.400. The van der Waals surface area contributed by atoms with Crippen molar-refractivity contribution in [2.24, 2.45) is 5.92 Å². The molecule has 0 aliphatic carbocycles. The van der Waals surface area contributed by atoms with Crippen molar-refractivity contribution < 1.29 is 26.7 Å². The Bertz CT molecular complexity index is 374. The van der Waals surface area contributed by atoms with Gasteiger partial charge in [-0.1, -0.05) is 13.8 Å². The first-order valence-electron chi connectivity index (χ1n) is 4.50. The third kappa shape index (κ3) is 2.25. The van der Waals surface area contributed by atoms with Crippen LogP contribution in [0, 0.1) is 35.0 Å². The van der Waals surface area contributed by atoms with Gasteiger partial charge in [0.15, 0.2) is 5.75 Å². The van der Waals surface area contributed by atoms with E-state index >= 15 is 0 Å². The van der Waals surface area contributed by atoms with Crippen molar-refractivity contribution in [3.63, 3.8) is 0 Å². The number of rotatable bonds is 3. The molecule has 16 heavy (non-hydrogen) atoms. The Hall–Kier alpha value is -1.33. The number of ether oxygens (including phenoxy) is 1. The monoisotopic (exact) mass is 240 g/mol. The average Bonchev–Trinajstić information content (AvgIpc) is 2.23. The molecule has 1 rings (SSSR count). The molecule has 0 heterocycles. The van der Waals surface area contributed by atoms with Gasteiger partial charge in [-0.25, -0.2) is 13.2 Å². The first kappa shape index (κ1) is 12.7. The van der Waals surface area contributed by atoms with Crippen LogP contribution in [-0.2, 0) is 0 Å². The molecule has 0 unspecified atom stereocenters. The van der Waals surface area contributed by atoms with Gasteiger partial charge in [0.25, 0.3) is 0 Å². The standard InChI is InChI=1S/C10H9F5O/c1-4(2)3-16-10-8(14)6(12)5(11)7(13)9(10)15/h4H,3H2,1-2H3. The second-order valence-electron chi connectivity index (χ2n) is 3.60. The van der Waals surface area contributed by atoms with E-state index in [0.717, 1.165) is 0 Å². The first-order chi connectivity index (χ1) is 7.36. The second kappa shape index (κ2) is 4.67. The van der Waals surface area contributed by atoms with Crippen molar-refractivity contribution in [2.45, 2.75) is 13.8 Å². The fourth-order valence-electron chi connectivity index (χ4n) is 0.961. The summed E-state index contributed by atoms with van der Waals surface area (Å²) in [7, 11) is 0. The SMILES string of the molecule is CC(C)COc1c(F)c(F)c(F)c(F)c1F. The molecule has 0 bridgehead atoms. The molecule has 1 aromatic rings. The molecule has 0 aliphatic rings. The van der Waals surface area contributed by atoms with E-state index in [-0.39, 0.29) is 12.5 Å². The van der Waals surface area contributed by atoms with Gasteiger partial charge < -0.3 is 4.74 Å². The fourth-order valence-corrected chi connectivity index (χ4v) is 0.961. The third-order valence-electron chi connectivity index (χ3n) is 1.73. The number of hydrogen-bond donors (Lipinski definition) is 0. The lowest BCUT2D eigenvalue weighted by atomic mass is 10.2. The van der Waals surface area contributed by atoms with Gasteiger partial charge in [-0.15, -0.1) is 0 Å². The summed E-state index contributed by atoms with van der Waals surface area (Å²) in [5.41, 5.74) is 0. The first-order valence-corrected chi connectivity index (χ1v) is 4.50. The molecule has 0 saturated heterocycles. The van der Waals surface area contributed by atoms with E-state index in [1.165, 1.54) is 0 Å². The van der Waals surface area contributed by atoms with E-state index in [2.05, 4.69) is 4.74 Å². The zero-order valence-electron chi connectivity index (χ0n) is 8.58. The maximum atomic E-state index is 13.0. The van der Waals surface area contributed by atoms with Gasteiger partial charge in [0.1, 0.15) is 0 Å². The van der Waals surface area contributed by atoms with Crippen molar-refractivity contribution in [1.29, 1.82) is 0 Å². The van der Waals surface area contributed by atoms with Crippen LogP contribution in [0.3, 0.4) is 0 Å². The van der Waals surface area contributed by atoms with Gasteiger partial charge in [-0.2, -0.15) is 8.78 Å². The highest BCUT2D eigenvalue weighted by Crippen LogP contribution is 2.29. The van der Waals surface area contributed by atoms with E-state index in [1.807, 2.05) is 0 Å². The van der Waals surface area contributed by atoms with Gasteiger partial charge in [-0.3, -0.25) is 0 Å². The lowest BCUT2D eigenvalue weighted by molar-refractivity contribution is 0.233. The van der Waals surface area contributed by atoms with Crippen LogP contribution >= 0.6 is 0 Å². The smallest absolute Gasteiger partial charge is 0.206 e. The summed E-state index contributed by atoms with van der Waals surface area (Å²) in [6.45, 7) is 3.20. The Morgan fingerprint density at radius 2 is 1.19 bits per heavy atom. The lowest BCUT2D eigenvalue weighted by Crippen LogP contribution is -2.11. The van der Waals surface area contributed by atoms with Crippen LogP contribution in [0.1, 0.15) is 13.8 Å². The molecular formula is C10H9F5O. The summed E-state index contributed by atoms with van der Waals surface area (Å²) in [6, 6.07) is 0. The molecule has 0 saturated carbocycles. The molecule has 0 radical (unpaired) electrons. The molecule has 1 nitrogen and oxygen atoms in total. The van der Waals surface area contributed by atoms with Crippen molar-refractivity contribution >= 4 is 0 Å². The second-order valence-corrected chi connectivity index (χ2v) is 3.60. The molecule has 90 valence electrons. The Labute approximate surface area is 88.8 Å². The van der Waals surface area contributed by atoms with Crippen LogP contribution in [0.15, 0.2) is 0 Å². The summed E-state index contributed by atoms with van der Waals surface area (Å²) in [6.07, 6.45) is 0. The van der Waals surface area contributed by atoms with Crippen molar-refractivity contribution in [3.8, 4) is 5.75 Å². The van der Waals surface area contributed by atoms with Crippen LogP contribution in [-0.4, -0.2) is 6.61 Å². The Kier molecular flexibility index (Phi) is 3.72. The minimum Gasteiger partial charge on any atom is -0.487 e. The van der Waals surface area contributed by atoms with E-state index in [4.69, 9.17) is 0 Å². The van der Waals surface area contributed by atoms with Crippen LogP contribution in [0.2, 0.25) is 0 Å². The summed E-state index contributed by atoms with van der Waals surface area (Å²) < 4.78 is 68.5. The highest BCUT2D eigenvalue weighted by Gasteiger charge is 2.26. The van der Waals surface area contributed by atoms with Crippen LogP contribution in [0.25, 0.3) is 0 Å². The van der Waals surface area contributed by atoms with Gasteiger partial charge in [-0.05, 0) is 5.92 Å². The highest BCUT2D eigenvalue weighted by molar-refractivity contribution is 5.29. The molecular weight excluding hydrogens is 231 g/mol. The molecule has 0 aliphatic heterocycles. The predicted molar refractivity (Wildman–Crippen MR) is 46.6 cm³/mol. The predicted octanol–water partition coefficient (Wildman–Crippen LogP) is 3.42. The quantitative estimate of drug-likeness (QED) is 0.447. The van der Waals surface area contributed by atoms with E-state index in [9.17, 15) is 22.0 Å². The molecule has 0 N–H and O–H groups in total. The topological polar surface area (TPSA) is 9.23 Å². The van der Waals surface area contributed by atoms with Gasteiger partial charge >= 0.3 is 0 Å². The maximum Gasteiger partial charge on any atom is 0.206 e. The molecule has 0 atom stereocenters. The minimum absolute atomic E-state index is 0.102. The number of halogens is 5. The Morgan fingerprint density at radius 1 is 0.812 bits per heavy atom. The van der Waals surface area contributed by atoms with Gasteiger partial charge in [0.2, 0.25) is 29.1 Å². The van der Waals surface area contributed by atoms with E-state index in [1.54, 1.807) is 13.8 Å². The molecule has 0 fully saturated rings. The normalized spacial score (nSPS) is 11.0. The average molecular weight is 240 g/mol. The molecule has 0 spiro atoms. The highest BCUT2D eigenvalue weighted by atomic mass is 19.2. The zero-order valence-corrected chi connectivity index (χ0v) is 8.58. The van der Waals surface area contributed by atoms with E-state index < -0.39 is 34.8 Å². The molecule has 0 aromatic heterocycles. The largest absolute Gasteiger partial charge is 0.487 e. The molecule has 1 aromatic carbocycles. The number of hydrogen-bond acceptors (Lipinski definition) is 1. The molecule has 6 heteroatoms. The minimum atomic E-state index is -2.19. The van der Waals surface area contributed by atoms with Crippen molar-refractivity contribution in [1.82, 2.24) is 0 Å². The Balaban J connectivity index is 3.18. The van der Waals surface area contributed by atoms with Crippen molar-refractivity contribution in [3.05, 3.63) is 29.1 Å². The summed E-state index contributed by atoms with van der Waals surface area (Å²) >= 11 is 0. The van der Waals surface area contributed by atoms with Crippen LogP contribution in [0.5, 0.6) is 5.75 Å². The molecule has 0 amide bonds.